The molecule has 3 nitrogen and oxygen atoms in total. The predicted octanol–water partition coefficient (Wildman–Crippen LogP) is 4.41. The minimum atomic E-state index is -0.515. The molecular weight excluding hydrogens is 334 g/mol. The summed E-state index contributed by atoms with van der Waals surface area (Å²) in [5.41, 5.74) is 3.60. The van der Waals surface area contributed by atoms with E-state index in [0.717, 1.165) is 12.3 Å². The Balaban J connectivity index is 0.00000312. The van der Waals surface area contributed by atoms with Gasteiger partial charge in [-0.1, -0.05) is 56.3 Å². The number of benzene rings is 2. The van der Waals surface area contributed by atoms with E-state index in [1.165, 1.54) is 16.7 Å². The van der Waals surface area contributed by atoms with Crippen LogP contribution in [0, 0.1) is 6.92 Å². The SMILES string of the molecule is Cc1ccc(C(C)C)c(OCC(O)CN(C)Cc2ccccc2)c1.Cl. The molecule has 0 aromatic heterocycles. The van der Waals surface area contributed by atoms with Crippen LogP contribution in [-0.2, 0) is 6.54 Å². The first-order valence-electron chi connectivity index (χ1n) is 8.59. The van der Waals surface area contributed by atoms with Crippen LogP contribution in [0.5, 0.6) is 5.75 Å². The minimum absolute atomic E-state index is 0. The van der Waals surface area contributed by atoms with E-state index >= 15 is 0 Å². The van der Waals surface area contributed by atoms with Crippen molar-refractivity contribution in [3.05, 3.63) is 65.2 Å². The summed E-state index contributed by atoms with van der Waals surface area (Å²) in [4.78, 5) is 2.11. The highest BCUT2D eigenvalue weighted by Crippen LogP contribution is 2.27. The number of hydrogen-bond donors (Lipinski definition) is 1. The van der Waals surface area contributed by atoms with E-state index in [2.05, 4.69) is 56.0 Å². The Morgan fingerprint density at radius 2 is 1.76 bits per heavy atom. The lowest BCUT2D eigenvalue weighted by molar-refractivity contribution is 0.0739. The van der Waals surface area contributed by atoms with Crippen LogP contribution < -0.4 is 4.74 Å². The second-order valence-corrected chi connectivity index (χ2v) is 6.84. The van der Waals surface area contributed by atoms with E-state index in [-0.39, 0.29) is 12.4 Å². The molecule has 2 rings (SSSR count). The highest BCUT2D eigenvalue weighted by Gasteiger charge is 2.13. The van der Waals surface area contributed by atoms with Crippen molar-refractivity contribution >= 4 is 12.4 Å². The van der Waals surface area contributed by atoms with Gasteiger partial charge in [-0.2, -0.15) is 0 Å². The molecule has 0 spiro atoms. The first-order valence-corrected chi connectivity index (χ1v) is 8.59. The molecule has 0 aliphatic rings. The largest absolute Gasteiger partial charge is 0.491 e. The van der Waals surface area contributed by atoms with Gasteiger partial charge in [0.05, 0.1) is 0 Å². The third kappa shape index (κ3) is 7.07. The van der Waals surface area contributed by atoms with Gasteiger partial charge in [-0.15, -0.1) is 12.4 Å². The summed E-state index contributed by atoms with van der Waals surface area (Å²) >= 11 is 0. The number of aliphatic hydroxyl groups excluding tert-OH is 1. The first-order chi connectivity index (χ1) is 11.5. The van der Waals surface area contributed by atoms with Crippen LogP contribution in [0.4, 0.5) is 0 Å². The van der Waals surface area contributed by atoms with Gasteiger partial charge in [0.25, 0.3) is 0 Å². The molecule has 2 aromatic carbocycles. The van der Waals surface area contributed by atoms with Crippen LogP contribution in [0.2, 0.25) is 0 Å². The molecule has 0 saturated carbocycles. The second-order valence-electron chi connectivity index (χ2n) is 6.84. The lowest BCUT2D eigenvalue weighted by Gasteiger charge is -2.22. The van der Waals surface area contributed by atoms with Gasteiger partial charge in [0, 0.05) is 13.1 Å². The van der Waals surface area contributed by atoms with E-state index in [4.69, 9.17) is 4.74 Å². The Bertz CT molecular complexity index is 631. The number of rotatable bonds is 8. The zero-order valence-corrected chi connectivity index (χ0v) is 16.4. The smallest absolute Gasteiger partial charge is 0.123 e. The molecule has 4 heteroatoms. The topological polar surface area (TPSA) is 32.7 Å². The van der Waals surface area contributed by atoms with Gasteiger partial charge in [0.15, 0.2) is 0 Å². The van der Waals surface area contributed by atoms with E-state index < -0.39 is 6.10 Å². The molecule has 0 aliphatic carbocycles. The summed E-state index contributed by atoms with van der Waals surface area (Å²) in [6.45, 7) is 8.07. The maximum absolute atomic E-state index is 10.3. The molecule has 0 heterocycles. The lowest BCUT2D eigenvalue weighted by Crippen LogP contribution is -2.32. The van der Waals surface area contributed by atoms with Gasteiger partial charge < -0.3 is 9.84 Å². The van der Waals surface area contributed by atoms with Gasteiger partial charge in [0.2, 0.25) is 0 Å². The molecule has 138 valence electrons. The van der Waals surface area contributed by atoms with Crippen molar-refractivity contribution in [2.45, 2.75) is 39.3 Å². The summed E-state index contributed by atoms with van der Waals surface area (Å²) < 4.78 is 5.92. The molecule has 1 N–H and O–H groups in total. The van der Waals surface area contributed by atoms with Gasteiger partial charge in [0.1, 0.15) is 18.5 Å². The van der Waals surface area contributed by atoms with Crippen molar-refractivity contribution in [2.24, 2.45) is 0 Å². The van der Waals surface area contributed by atoms with E-state index in [0.29, 0.717) is 19.1 Å². The Hall–Kier alpha value is -1.55. The third-order valence-electron chi connectivity index (χ3n) is 4.04. The highest BCUT2D eigenvalue weighted by molar-refractivity contribution is 5.85. The van der Waals surface area contributed by atoms with Crippen molar-refractivity contribution in [3.8, 4) is 5.75 Å². The van der Waals surface area contributed by atoms with Gasteiger partial charge >= 0.3 is 0 Å². The molecule has 0 fully saturated rings. The van der Waals surface area contributed by atoms with Crippen LogP contribution in [0.3, 0.4) is 0 Å². The average Bonchev–Trinajstić information content (AvgIpc) is 2.53. The summed E-state index contributed by atoms with van der Waals surface area (Å²) in [5.74, 6) is 1.29. The van der Waals surface area contributed by atoms with Crippen molar-refractivity contribution in [2.75, 3.05) is 20.2 Å². The van der Waals surface area contributed by atoms with Crippen LogP contribution in [0.25, 0.3) is 0 Å². The average molecular weight is 364 g/mol. The normalized spacial score (nSPS) is 12.1. The Morgan fingerprint density at radius 3 is 2.40 bits per heavy atom. The van der Waals surface area contributed by atoms with Crippen LogP contribution in [0.1, 0.15) is 36.5 Å². The quantitative estimate of drug-likeness (QED) is 0.753. The zero-order valence-electron chi connectivity index (χ0n) is 15.6. The third-order valence-corrected chi connectivity index (χ3v) is 4.04. The summed E-state index contributed by atoms with van der Waals surface area (Å²) in [7, 11) is 2.02. The fourth-order valence-corrected chi connectivity index (χ4v) is 2.80. The Morgan fingerprint density at radius 1 is 1.08 bits per heavy atom. The van der Waals surface area contributed by atoms with Crippen molar-refractivity contribution < 1.29 is 9.84 Å². The lowest BCUT2D eigenvalue weighted by atomic mass is 10.0. The molecule has 1 atom stereocenters. The molecule has 0 bridgehead atoms. The number of aryl methyl sites for hydroxylation is 1. The molecule has 0 aliphatic heterocycles. The molecule has 0 radical (unpaired) electrons. The molecule has 0 amide bonds. The maximum atomic E-state index is 10.3. The molecule has 0 saturated heterocycles. The Kier molecular flexibility index (Phi) is 8.98. The van der Waals surface area contributed by atoms with Gasteiger partial charge in [-0.05, 0) is 42.6 Å². The fraction of sp³-hybridized carbons (Fsp3) is 0.429. The van der Waals surface area contributed by atoms with E-state index in [9.17, 15) is 5.11 Å². The zero-order chi connectivity index (χ0) is 17.5. The first kappa shape index (κ1) is 21.5. The predicted molar refractivity (Wildman–Crippen MR) is 107 cm³/mol. The van der Waals surface area contributed by atoms with Crippen molar-refractivity contribution in [1.29, 1.82) is 0 Å². The maximum Gasteiger partial charge on any atom is 0.123 e. The molecular formula is C21H30ClNO2. The minimum Gasteiger partial charge on any atom is -0.491 e. The van der Waals surface area contributed by atoms with E-state index in [1.54, 1.807) is 0 Å². The van der Waals surface area contributed by atoms with Crippen LogP contribution in [0.15, 0.2) is 48.5 Å². The monoisotopic (exact) mass is 363 g/mol. The number of hydrogen-bond acceptors (Lipinski definition) is 3. The Labute approximate surface area is 158 Å². The fourth-order valence-electron chi connectivity index (χ4n) is 2.80. The summed E-state index contributed by atoms with van der Waals surface area (Å²) in [6, 6.07) is 16.6. The number of likely N-dealkylation sites (N-methyl/N-ethyl adjacent to an activating group) is 1. The second kappa shape index (κ2) is 10.4. The highest BCUT2D eigenvalue weighted by atomic mass is 35.5. The van der Waals surface area contributed by atoms with Crippen molar-refractivity contribution in [1.82, 2.24) is 4.90 Å². The number of halogens is 1. The molecule has 1 unspecified atom stereocenters. The van der Waals surface area contributed by atoms with Crippen LogP contribution >= 0.6 is 12.4 Å². The van der Waals surface area contributed by atoms with Crippen molar-refractivity contribution in [3.63, 3.8) is 0 Å². The number of ether oxygens (including phenoxy) is 1. The summed E-state index contributed by atoms with van der Waals surface area (Å²) in [5, 5.41) is 10.3. The van der Waals surface area contributed by atoms with Crippen LogP contribution in [-0.4, -0.2) is 36.3 Å². The molecule has 2 aromatic rings. The number of aliphatic hydroxyl groups is 1. The van der Waals surface area contributed by atoms with Gasteiger partial charge in [-0.3, -0.25) is 4.90 Å². The van der Waals surface area contributed by atoms with Gasteiger partial charge in [-0.25, -0.2) is 0 Å². The number of nitrogens with zero attached hydrogens (tertiary/aromatic N) is 1. The molecule has 25 heavy (non-hydrogen) atoms. The summed E-state index contributed by atoms with van der Waals surface area (Å²) in [6.07, 6.45) is -0.515. The van der Waals surface area contributed by atoms with E-state index in [1.807, 2.05) is 25.2 Å². The standard InChI is InChI=1S/C21H29NO2.ClH/c1-16(2)20-11-10-17(3)12-21(20)24-15-19(23)14-22(4)13-18-8-6-5-7-9-18;/h5-12,16,19,23H,13-15H2,1-4H3;1H.